The molecule has 1 aliphatic rings. The second-order valence-electron chi connectivity index (χ2n) is 3.94. The minimum atomic E-state index is -0.376. The van der Waals surface area contributed by atoms with E-state index >= 15 is 0 Å². The van der Waals surface area contributed by atoms with Gasteiger partial charge in [-0.2, -0.15) is 0 Å². The van der Waals surface area contributed by atoms with Crippen molar-refractivity contribution in [1.82, 2.24) is 4.98 Å². The van der Waals surface area contributed by atoms with Crippen LogP contribution in [0.2, 0.25) is 0 Å². The van der Waals surface area contributed by atoms with Gasteiger partial charge in [0.2, 0.25) is 0 Å². The van der Waals surface area contributed by atoms with Gasteiger partial charge in [0.25, 0.3) is 5.69 Å². The van der Waals surface area contributed by atoms with Gasteiger partial charge in [-0.15, -0.1) is 0 Å². The standard InChI is InChI=1S/C10H13N3O2/c1-7-5-11-10(4-9(7)13(14)15)12-6-8-2-3-8/h4-5,8H,2-3,6H2,1H3,(H,11,12). The molecular formula is C10H13N3O2. The van der Waals surface area contributed by atoms with Crippen molar-refractivity contribution in [3.8, 4) is 0 Å². The lowest BCUT2D eigenvalue weighted by atomic mass is 10.2. The molecule has 0 aliphatic heterocycles. The summed E-state index contributed by atoms with van der Waals surface area (Å²) < 4.78 is 0. The Labute approximate surface area is 87.7 Å². The number of aromatic nitrogens is 1. The minimum Gasteiger partial charge on any atom is -0.370 e. The smallest absolute Gasteiger partial charge is 0.277 e. The van der Waals surface area contributed by atoms with Crippen molar-refractivity contribution >= 4 is 11.5 Å². The van der Waals surface area contributed by atoms with Crippen LogP contribution < -0.4 is 5.32 Å². The molecule has 80 valence electrons. The summed E-state index contributed by atoms with van der Waals surface area (Å²) in [6.07, 6.45) is 4.04. The highest BCUT2D eigenvalue weighted by molar-refractivity contribution is 5.48. The number of aryl methyl sites for hydroxylation is 1. The molecule has 0 bridgehead atoms. The Hall–Kier alpha value is -1.65. The summed E-state index contributed by atoms with van der Waals surface area (Å²) in [5.41, 5.74) is 0.722. The Kier molecular flexibility index (Phi) is 2.53. The zero-order valence-electron chi connectivity index (χ0n) is 8.56. The van der Waals surface area contributed by atoms with Crippen LogP contribution in [0.5, 0.6) is 0 Å². The van der Waals surface area contributed by atoms with E-state index in [0.717, 1.165) is 12.5 Å². The van der Waals surface area contributed by atoms with Crippen LogP contribution in [0.15, 0.2) is 12.3 Å². The van der Waals surface area contributed by atoms with Gasteiger partial charge in [-0.1, -0.05) is 0 Å². The zero-order chi connectivity index (χ0) is 10.8. The van der Waals surface area contributed by atoms with Gasteiger partial charge in [0.05, 0.1) is 11.0 Å². The molecule has 0 aromatic carbocycles. The van der Waals surface area contributed by atoms with Crippen molar-refractivity contribution in [3.63, 3.8) is 0 Å². The first-order chi connectivity index (χ1) is 7.16. The predicted molar refractivity (Wildman–Crippen MR) is 56.8 cm³/mol. The number of hydrogen-bond donors (Lipinski definition) is 1. The molecule has 5 nitrogen and oxygen atoms in total. The van der Waals surface area contributed by atoms with Crippen LogP contribution in [0.3, 0.4) is 0 Å². The number of rotatable bonds is 4. The third-order valence-corrected chi connectivity index (χ3v) is 2.54. The third kappa shape index (κ3) is 2.43. The average Bonchev–Trinajstić information content (AvgIpc) is 3.00. The van der Waals surface area contributed by atoms with Crippen LogP contribution in [0.4, 0.5) is 11.5 Å². The van der Waals surface area contributed by atoms with E-state index in [1.54, 1.807) is 6.92 Å². The first kappa shape index (κ1) is 9.89. The van der Waals surface area contributed by atoms with E-state index in [9.17, 15) is 10.1 Å². The Morgan fingerprint density at radius 1 is 1.67 bits per heavy atom. The first-order valence-corrected chi connectivity index (χ1v) is 5.01. The molecule has 1 aliphatic carbocycles. The summed E-state index contributed by atoms with van der Waals surface area (Å²) in [7, 11) is 0. The molecule has 0 radical (unpaired) electrons. The molecule has 0 amide bonds. The molecule has 0 unspecified atom stereocenters. The molecule has 1 heterocycles. The number of anilines is 1. The third-order valence-electron chi connectivity index (χ3n) is 2.54. The fraction of sp³-hybridized carbons (Fsp3) is 0.500. The van der Waals surface area contributed by atoms with Crippen LogP contribution in [-0.2, 0) is 0 Å². The molecule has 0 saturated heterocycles. The molecule has 1 saturated carbocycles. The van der Waals surface area contributed by atoms with E-state index in [0.29, 0.717) is 11.4 Å². The largest absolute Gasteiger partial charge is 0.370 e. The van der Waals surface area contributed by atoms with Crippen LogP contribution in [0.25, 0.3) is 0 Å². The molecule has 2 rings (SSSR count). The maximum Gasteiger partial charge on any atom is 0.277 e. The minimum absolute atomic E-state index is 0.128. The zero-order valence-corrected chi connectivity index (χ0v) is 8.56. The Bertz CT molecular complexity index is 388. The second-order valence-corrected chi connectivity index (χ2v) is 3.94. The highest BCUT2D eigenvalue weighted by Crippen LogP contribution is 2.29. The molecule has 15 heavy (non-hydrogen) atoms. The van der Waals surface area contributed by atoms with Crippen molar-refractivity contribution in [2.45, 2.75) is 19.8 Å². The van der Waals surface area contributed by atoms with Gasteiger partial charge >= 0.3 is 0 Å². The van der Waals surface area contributed by atoms with Crippen molar-refractivity contribution < 1.29 is 4.92 Å². The van der Waals surface area contributed by atoms with E-state index in [1.807, 2.05) is 0 Å². The van der Waals surface area contributed by atoms with Gasteiger partial charge in [0.1, 0.15) is 5.82 Å². The number of nitrogens with zero attached hydrogens (tertiary/aromatic N) is 2. The molecule has 5 heteroatoms. The monoisotopic (exact) mass is 207 g/mol. The molecule has 1 aromatic heterocycles. The number of nitrogens with one attached hydrogen (secondary N) is 1. The van der Waals surface area contributed by atoms with Gasteiger partial charge in [-0.05, 0) is 25.7 Å². The van der Waals surface area contributed by atoms with Crippen molar-refractivity contribution in [2.24, 2.45) is 5.92 Å². The quantitative estimate of drug-likeness (QED) is 0.606. The fourth-order valence-corrected chi connectivity index (χ4v) is 1.38. The highest BCUT2D eigenvalue weighted by Gasteiger charge is 2.21. The number of hydrogen-bond acceptors (Lipinski definition) is 4. The molecule has 0 spiro atoms. The van der Waals surface area contributed by atoms with E-state index < -0.39 is 0 Å². The lowest BCUT2D eigenvalue weighted by Crippen LogP contribution is -2.05. The highest BCUT2D eigenvalue weighted by atomic mass is 16.6. The van der Waals surface area contributed by atoms with Crippen molar-refractivity contribution in [3.05, 3.63) is 27.9 Å². The molecule has 1 N–H and O–H groups in total. The fourth-order valence-electron chi connectivity index (χ4n) is 1.38. The van der Waals surface area contributed by atoms with Gasteiger partial charge in [-0.25, -0.2) is 4.98 Å². The summed E-state index contributed by atoms with van der Waals surface area (Å²) >= 11 is 0. The summed E-state index contributed by atoms with van der Waals surface area (Å²) in [5.74, 6) is 1.33. The summed E-state index contributed by atoms with van der Waals surface area (Å²) in [6.45, 7) is 2.56. The Morgan fingerprint density at radius 2 is 2.40 bits per heavy atom. The molecule has 1 aromatic rings. The number of pyridine rings is 1. The first-order valence-electron chi connectivity index (χ1n) is 5.01. The average molecular weight is 207 g/mol. The lowest BCUT2D eigenvalue weighted by molar-refractivity contribution is -0.385. The van der Waals surface area contributed by atoms with Gasteiger partial charge < -0.3 is 5.32 Å². The summed E-state index contributed by atoms with van der Waals surface area (Å²) in [5, 5.41) is 13.8. The van der Waals surface area contributed by atoms with Crippen LogP contribution in [0.1, 0.15) is 18.4 Å². The lowest BCUT2D eigenvalue weighted by Gasteiger charge is -2.04. The maximum absolute atomic E-state index is 10.7. The predicted octanol–water partition coefficient (Wildman–Crippen LogP) is 2.12. The molecule has 1 fully saturated rings. The van der Waals surface area contributed by atoms with E-state index in [4.69, 9.17) is 0 Å². The Morgan fingerprint density at radius 3 is 3.00 bits per heavy atom. The van der Waals surface area contributed by atoms with E-state index in [-0.39, 0.29) is 10.6 Å². The van der Waals surface area contributed by atoms with Crippen LogP contribution >= 0.6 is 0 Å². The Balaban J connectivity index is 2.10. The van der Waals surface area contributed by atoms with Gasteiger partial charge in [0.15, 0.2) is 0 Å². The maximum atomic E-state index is 10.7. The van der Waals surface area contributed by atoms with Gasteiger partial charge in [0, 0.05) is 18.3 Å². The SMILES string of the molecule is Cc1cnc(NCC2CC2)cc1[N+](=O)[O-]. The normalized spacial score (nSPS) is 15.0. The van der Waals surface area contributed by atoms with Crippen LogP contribution in [0, 0.1) is 23.0 Å². The van der Waals surface area contributed by atoms with Crippen molar-refractivity contribution in [1.29, 1.82) is 0 Å². The topological polar surface area (TPSA) is 68.1 Å². The van der Waals surface area contributed by atoms with Crippen LogP contribution in [-0.4, -0.2) is 16.5 Å². The van der Waals surface area contributed by atoms with E-state index in [2.05, 4.69) is 10.3 Å². The molecule has 0 atom stereocenters. The van der Waals surface area contributed by atoms with Crippen molar-refractivity contribution in [2.75, 3.05) is 11.9 Å². The number of nitro groups is 1. The second kappa shape index (κ2) is 3.84. The summed E-state index contributed by atoms with van der Waals surface area (Å²) in [6, 6.07) is 1.50. The summed E-state index contributed by atoms with van der Waals surface area (Å²) in [4.78, 5) is 14.4. The van der Waals surface area contributed by atoms with E-state index in [1.165, 1.54) is 25.1 Å². The molecular weight excluding hydrogens is 194 g/mol. The van der Waals surface area contributed by atoms with Gasteiger partial charge in [-0.3, -0.25) is 10.1 Å².